The minimum Gasteiger partial charge on any atom is -0.294 e. The fourth-order valence-electron chi connectivity index (χ4n) is 2.33. The number of rotatable bonds is 5. The van der Waals surface area contributed by atoms with Gasteiger partial charge in [0, 0.05) is 42.8 Å². The molecule has 0 N–H and O–H groups in total. The number of carbonyl (C=O) groups is 1. The van der Waals surface area contributed by atoms with Crippen LogP contribution in [-0.2, 0) is 9.84 Å². The Morgan fingerprint density at radius 3 is 2.81 bits per heavy atom. The molecule has 1 aliphatic heterocycles. The Kier molecular flexibility index (Phi) is 5.71. The lowest BCUT2D eigenvalue weighted by Crippen LogP contribution is -2.47. The molecule has 4 nitrogen and oxygen atoms in total. The molecule has 116 valence electrons. The van der Waals surface area contributed by atoms with Gasteiger partial charge in [-0.15, -0.1) is 0 Å². The van der Waals surface area contributed by atoms with Crippen LogP contribution >= 0.6 is 23.4 Å². The smallest absolute Gasteiger partial charge is 0.165 e. The van der Waals surface area contributed by atoms with Crippen molar-refractivity contribution in [3.05, 3.63) is 34.9 Å². The average Bonchev–Trinajstić information content (AvgIpc) is 2.44. The zero-order valence-corrected chi connectivity index (χ0v) is 14.2. The second kappa shape index (κ2) is 7.13. The van der Waals surface area contributed by atoms with E-state index < -0.39 is 15.2 Å². The quantitative estimate of drug-likeness (QED) is 0.765. The van der Waals surface area contributed by atoms with Crippen LogP contribution in [0.3, 0.4) is 0 Å². The van der Waals surface area contributed by atoms with E-state index in [1.807, 2.05) is 4.90 Å². The molecule has 0 radical (unpaired) electrons. The van der Waals surface area contributed by atoms with Crippen LogP contribution in [0.5, 0.6) is 0 Å². The highest BCUT2D eigenvalue weighted by Gasteiger charge is 2.31. The van der Waals surface area contributed by atoms with Gasteiger partial charge in [-0.3, -0.25) is 9.69 Å². The van der Waals surface area contributed by atoms with E-state index in [-0.39, 0.29) is 12.2 Å². The number of halogens is 1. The summed E-state index contributed by atoms with van der Waals surface area (Å²) in [6, 6.07) is 6.94. The van der Waals surface area contributed by atoms with Crippen molar-refractivity contribution in [1.82, 2.24) is 4.90 Å². The molecule has 1 aromatic rings. The molecule has 0 bridgehead atoms. The molecule has 0 saturated carbocycles. The molecule has 1 saturated heterocycles. The first-order valence-electron chi connectivity index (χ1n) is 6.68. The molecule has 1 atom stereocenters. The summed E-state index contributed by atoms with van der Waals surface area (Å²) in [4.78, 5) is 14.1. The first-order chi connectivity index (χ1) is 9.89. The summed E-state index contributed by atoms with van der Waals surface area (Å²) in [6.07, 6.45) is 1.53. The molecule has 2 rings (SSSR count). The van der Waals surface area contributed by atoms with Crippen LogP contribution < -0.4 is 0 Å². The summed E-state index contributed by atoms with van der Waals surface area (Å²) in [6.45, 7) is 1.14. The Labute approximate surface area is 134 Å². The van der Waals surface area contributed by atoms with Gasteiger partial charge in [-0.05, 0) is 12.1 Å². The van der Waals surface area contributed by atoms with E-state index in [0.29, 0.717) is 29.4 Å². The number of sulfone groups is 1. The lowest BCUT2D eigenvalue weighted by molar-refractivity contribution is 0.0963. The van der Waals surface area contributed by atoms with Gasteiger partial charge in [-0.2, -0.15) is 11.8 Å². The molecule has 0 aliphatic carbocycles. The third-order valence-electron chi connectivity index (χ3n) is 3.49. The van der Waals surface area contributed by atoms with E-state index in [0.717, 1.165) is 5.75 Å². The van der Waals surface area contributed by atoms with Gasteiger partial charge >= 0.3 is 0 Å². The van der Waals surface area contributed by atoms with Crippen molar-refractivity contribution in [2.45, 2.75) is 11.8 Å². The number of hydrogen-bond donors (Lipinski definition) is 0. The normalized spacial score (nSPS) is 20.4. The molecule has 0 aromatic heterocycles. The number of Topliss-reactive ketones (excluding diaryl/α,β-unsaturated/α-hetero) is 1. The van der Waals surface area contributed by atoms with E-state index in [9.17, 15) is 13.2 Å². The number of nitrogens with zero attached hydrogens (tertiary/aromatic N) is 1. The Bertz CT molecular complexity index is 618. The Morgan fingerprint density at radius 1 is 1.43 bits per heavy atom. The Hall–Kier alpha value is -0.560. The maximum absolute atomic E-state index is 12.2. The van der Waals surface area contributed by atoms with Crippen LogP contribution in [0, 0.1) is 0 Å². The number of hydrogen-bond acceptors (Lipinski definition) is 5. The first kappa shape index (κ1) is 16.8. The summed E-state index contributed by atoms with van der Waals surface area (Å²) < 4.78 is 23.6. The van der Waals surface area contributed by atoms with Gasteiger partial charge in [-0.25, -0.2) is 8.42 Å². The first-order valence-corrected chi connectivity index (χ1v) is 10.2. The van der Waals surface area contributed by atoms with Crippen LogP contribution in [-0.4, -0.2) is 55.3 Å². The molecule has 1 aromatic carbocycles. The van der Waals surface area contributed by atoms with Crippen molar-refractivity contribution in [3.8, 4) is 0 Å². The summed E-state index contributed by atoms with van der Waals surface area (Å²) in [5.74, 6) is 1.41. The van der Waals surface area contributed by atoms with E-state index in [2.05, 4.69) is 0 Å². The van der Waals surface area contributed by atoms with Gasteiger partial charge in [0.1, 0.15) is 5.37 Å². The van der Waals surface area contributed by atoms with Crippen molar-refractivity contribution in [2.75, 3.05) is 30.9 Å². The molecule has 21 heavy (non-hydrogen) atoms. The minimum absolute atomic E-state index is 0.0499. The van der Waals surface area contributed by atoms with Crippen LogP contribution in [0.1, 0.15) is 16.8 Å². The van der Waals surface area contributed by atoms with Crippen molar-refractivity contribution in [3.63, 3.8) is 0 Å². The van der Waals surface area contributed by atoms with Crippen LogP contribution in [0.25, 0.3) is 0 Å². The molecule has 1 unspecified atom stereocenters. The van der Waals surface area contributed by atoms with Crippen molar-refractivity contribution in [2.24, 2.45) is 0 Å². The van der Waals surface area contributed by atoms with Crippen molar-refractivity contribution in [1.29, 1.82) is 0 Å². The highest BCUT2D eigenvalue weighted by molar-refractivity contribution is 8.00. The van der Waals surface area contributed by atoms with Crippen LogP contribution in [0.15, 0.2) is 24.3 Å². The Morgan fingerprint density at radius 2 is 2.14 bits per heavy atom. The minimum atomic E-state index is -3.13. The van der Waals surface area contributed by atoms with Gasteiger partial charge in [-0.1, -0.05) is 23.7 Å². The highest BCUT2D eigenvalue weighted by atomic mass is 35.5. The largest absolute Gasteiger partial charge is 0.294 e. The maximum atomic E-state index is 12.2. The molecular weight excluding hydrogens is 330 g/mol. The summed E-state index contributed by atoms with van der Waals surface area (Å²) in [5.41, 5.74) is 0.501. The number of carbonyl (C=O) groups excluding carboxylic acids is 1. The molecule has 0 spiro atoms. The second-order valence-corrected chi connectivity index (χ2v) is 8.81. The molecule has 0 amide bonds. The molecule has 1 aliphatic rings. The third-order valence-corrected chi connectivity index (χ3v) is 6.50. The van der Waals surface area contributed by atoms with E-state index in [1.54, 1.807) is 36.0 Å². The molecular formula is C14H18ClNO3S2. The zero-order chi connectivity index (χ0) is 15.5. The summed E-state index contributed by atoms with van der Waals surface area (Å²) in [7, 11) is -3.13. The lowest BCUT2D eigenvalue weighted by Gasteiger charge is -2.33. The van der Waals surface area contributed by atoms with Gasteiger partial charge in [0.15, 0.2) is 15.6 Å². The Balaban J connectivity index is 2.01. The van der Waals surface area contributed by atoms with Gasteiger partial charge in [0.05, 0.1) is 5.02 Å². The number of benzene rings is 1. The van der Waals surface area contributed by atoms with Gasteiger partial charge < -0.3 is 0 Å². The average molecular weight is 348 g/mol. The van der Waals surface area contributed by atoms with E-state index >= 15 is 0 Å². The number of thioether (sulfide) groups is 1. The van der Waals surface area contributed by atoms with Crippen molar-refractivity contribution >= 4 is 39.0 Å². The predicted molar refractivity (Wildman–Crippen MR) is 87.9 cm³/mol. The van der Waals surface area contributed by atoms with Gasteiger partial charge in [0.2, 0.25) is 0 Å². The monoisotopic (exact) mass is 347 g/mol. The number of ketones is 1. The van der Waals surface area contributed by atoms with Gasteiger partial charge in [0.25, 0.3) is 0 Å². The maximum Gasteiger partial charge on any atom is 0.165 e. The lowest BCUT2D eigenvalue weighted by atomic mass is 10.1. The standard InChI is InChI=1S/C14H18ClNO3S2/c1-21(18,19)14-10-20-9-8-16(14)7-6-13(17)11-4-2-3-5-12(11)15/h2-5,14H,6-10H2,1H3. The topological polar surface area (TPSA) is 54.5 Å². The fraction of sp³-hybridized carbons (Fsp3) is 0.500. The molecule has 7 heteroatoms. The highest BCUT2D eigenvalue weighted by Crippen LogP contribution is 2.22. The summed E-state index contributed by atoms with van der Waals surface area (Å²) >= 11 is 7.65. The van der Waals surface area contributed by atoms with E-state index in [1.165, 1.54) is 6.26 Å². The fourth-order valence-corrected chi connectivity index (χ4v) is 5.55. The van der Waals surface area contributed by atoms with Crippen LogP contribution in [0.4, 0.5) is 0 Å². The van der Waals surface area contributed by atoms with Crippen LogP contribution in [0.2, 0.25) is 5.02 Å². The SMILES string of the molecule is CS(=O)(=O)C1CSCCN1CCC(=O)c1ccccc1Cl. The van der Waals surface area contributed by atoms with Crippen molar-refractivity contribution < 1.29 is 13.2 Å². The predicted octanol–water partition coefficient (Wildman–Crippen LogP) is 2.33. The summed E-state index contributed by atoms with van der Waals surface area (Å²) in [5, 5.41) is -0.0494. The molecule has 1 heterocycles. The second-order valence-electron chi connectivity index (χ2n) is 5.05. The molecule has 1 fully saturated rings. The third kappa shape index (κ3) is 4.45. The van der Waals surface area contributed by atoms with E-state index in [4.69, 9.17) is 11.6 Å². The zero-order valence-electron chi connectivity index (χ0n) is 11.8.